The van der Waals surface area contributed by atoms with E-state index in [0.29, 0.717) is 6.10 Å². The van der Waals surface area contributed by atoms with Gasteiger partial charge in [0.2, 0.25) is 0 Å². The van der Waals surface area contributed by atoms with Crippen LogP contribution >= 0.6 is 27.7 Å². The van der Waals surface area contributed by atoms with E-state index >= 15 is 0 Å². The summed E-state index contributed by atoms with van der Waals surface area (Å²) in [6.45, 7) is 0.837. The maximum absolute atomic E-state index is 6.15. The van der Waals surface area contributed by atoms with E-state index in [1.165, 1.54) is 24.3 Å². The van der Waals surface area contributed by atoms with Crippen LogP contribution in [0.25, 0.3) is 0 Å². The zero-order valence-electron chi connectivity index (χ0n) is 10.9. The molecule has 1 aromatic rings. The minimum absolute atomic E-state index is 0.0974. The quantitative estimate of drug-likeness (QED) is 0.799. The third-order valence-corrected chi connectivity index (χ3v) is 5.43. The van der Waals surface area contributed by atoms with Gasteiger partial charge in [-0.3, -0.25) is 0 Å². The van der Waals surface area contributed by atoms with Crippen LogP contribution in [0.5, 0.6) is 5.75 Å². The topological polar surface area (TPSA) is 18.5 Å². The monoisotopic (exact) mass is 342 g/mol. The van der Waals surface area contributed by atoms with E-state index in [2.05, 4.69) is 15.9 Å². The smallest absolute Gasteiger partial charge is 0.120 e. The molecule has 2 fully saturated rings. The molecule has 2 saturated heterocycles. The largest absolute Gasteiger partial charge is 0.490 e. The minimum Gasteiger partial charge on any atom is -0.490 e. The summed E-state index contributed by atoms with van der Waals surface area (Å²) in [5, 5.41) is 0. The lowest BCUT2D eigenvalue weighted by Crippen LogP contribution is -2.46. The van der Waals surface area contributed by atoms with E-state index in [1.54, 1.807) is 0 Å². The van der Waals surface area contributed by atoms with Crippen LogP contribution in [0.3, 0.4) is 0 Å². The number of benzene rings is 1. The maximum atomic E-state index is 6.15. The van der Waals surface area contributed by atoms with Crippen LogP contribution in [0.2, 0.25) is 0 Å². The molecule has 104 valence electrons. The molecule has 0 bridgehead atoms. The summed E-state index contributed by atoms with van der Waals surface area (Å²) >= 11 is 5.53. The summed E-state index contributed by atoms with van der Waals surface area (Å²) in [4.78, 5) is 0. The first-order valence-electron chi connectivity index (χ1n) is 6.90. The van der Waals surface area contributed by atoms with Gasteiger partial charge in [0.1, 0.15) is 11.9 Å². The van der Waals surface area contributed by atoms with Gasteiger partial charge in [-0.05, 0) is 42.5 Å². The van der Waals surface area contributed by atoms with E-state index in [-0.39, 0.29) is 5.60 Å². The predicted molar refractivity (Wildman–Crippen MR) is 83.0 cm³/mol. The highest BCUT2D eigenvalue weighted by atomic mass is 79.9. The van der Waals surface area contributed by atoms with Crippen LogP contribution in [0, 0.1) is 0 Å². The number of halogens is 1. The van der Waals surface area contributed by atoms with Crippen molar-refractivity contribution in [2.45, 2.75) is 37.4 Å². The SMILES string of the molecule is Brc1cccc(OC2CCOC3(CCSCC3)C2)c1. The van der Waals surface area contributed by atoms with Gasteiger partial charge in [0, 0.05) is 17.3 Å². The molecule has 1 unspecified atom stereocenters. The third-order valence-electron chi connectivity index (χ3n) is 3.95. The summed E-state index contributed by atoms with van der Waals surface area (Å²) < 4.78 is 13.3. The highest BCUT2D eigenvalue weighted by Crippen LogP contribution is 2.38. The summed E-state index contributed by atoms with van der Waals surface area (Å²) in [5.74, 6) is 3.41. The molecule has 1 aromatic carbocycles. The van der Waals surface area contributed by atoms with Crippen LogP contribution in [-0.4, -0.2) is 29.8 Å². The van der Waals surface area contributed by atoms with Gasteiger partial charge in [-0.2, -0.15) is 11.8 Å². The van der Waals surface area contributed by atoms with Crippen LogP contribution in [0.15, 0.2) is 28.7 Å². The average molecular weight is 343 g/mol. The second-order valence-electron chi connectivity index (χ2n) is 5.33. The fourth-order valence-corrected chi connectivity index (χ4v) is 4.52. The Morgan fingerprint density at radius 3 is 2.95 bits per heavy atom. The number of ether oxygens (including phenoxy) is 2. The Hall–Kier alpha value is -0.190. The molecule has 1 atom stereocenters. The van der Waals surface area contributed by atoms with Crippen molar-refractivity contribution in [1.29, 1.82) is 0 Å². The van der Waals surface area contributed by atoms with Gasteiger partial charge in [-0.25, -0.2) is 0 Å². The maximum Gasteiger partial charge on any atom is 0.120 e. The lowest BCUT2D eigenvalue weighted by atomic mass is 9.86. The molecule has 2 aliphatic heterocycles. The number of thioether (sulfide) groups is 1. The first kappa shape index (κ1) is 13.8. The molecular weight excluding hydrogens is 324 g/mol. The molecule has 1 spiro atoms. The van der Waals surface area contributed by atoms with Gasteiger partial charge in [-0.15, -0.1) is 0 Å². The van der Waals surface area contributed by atoms with Crippen molar-refractivity contribution in [3.63, 3.8) is 0 Å². The normalized spacial score (nSPS) is 26.3. The third kappa shape index (κ3) is 3.47. The lowest BCUT2D eigenvalue weighted by molar-refractivity contribution is -0.116. The van der Waals surface area contributed by atoms with Crippen molar-refractivity contribution in [1.82, 2.24) is 0 Å². The van der Waals surface area contributed by atoms with E-state index in [0.717, 1.165) is 29.7 Å². The number of hydrogen-bond acceptors (Lipinski definition) is 3. The van der Waals surface area contributed by atoms with Gasteiger partial charge >= 0.3 is 0 Å². The molecule has 2 nitrogen and oxygen atoms in total. The molecule has 4 heteroatoms. The van der Waals surface area contributed by atoms with Gasteiger partial charge in [0.05, 0.1) is 12.2 Å². The molecule has 0 saturated carbocycles. The van der Waals surface area contributed by atoms with Gasteiger partial charge < -0.3 is 9.47 Å². The molecule has 19 heavy (non-hydrogen) atoms. The van der Waals surface area contributed by atoms with Crippen LogP contribution in [0.4, 0.5) is 0 Å². The standard InChI is InChI=1S/C15H19BrO2S/c16-12-2-1-3-13(10-12)18-14-4-7-17-15(11-14)5-8-19-9-6-15/h1-3,10,14H,4-9,11H2. The van der Waals surface area contributed by atoms with E-state index in [1.807, 2.05) is 36.0 Å². The molecule has 0 N–H and O–H groups in total. The van der Waals surface area contributed by atoms with Crippen LogP contribution in [0.1, 0.15) is 25.7 Å². The Morgan fingerprint density at radius 1 is 1.32 bits per heavy atom. The molecule has 3 rings (SSSR count). The Labute approximate surface area is 127 Å². The average Bonchev–Trinajstić information content (AvgIpc) is 2.40. The van der Waals surface area contributed by atoms with Crippen molar-refractivity contribution >= 4 is 27.7 Å². The summed E-state index contributed by atoms with van der Waals surface area (Å²) in [7, 11) is 0. The van der Waals surface area contributed by atoms with E-state index in [4.69, 9.17) is 9.47 Å². The molecule has 0 aliphatic carbocycles. The Kier molecular flexibility index (Phi) is 4.40. The Morgan fingerprint density at radius 2 is 2.16 bits per heavy atom. The molecule has 0 amide bonds. The number of hydrogen-bond donors (Lipinski definition) is 0. The summed E-state index contributed by atoms with van der Waals surface area (Å²) in [5.41, 5.74) is 0.0974. The predicted octanol–water partition coefficient (Wildman–Crippen LogP) is 4.27. The lowest BCUT2D eigenvalue weighted by Gasteiger charge is -2.43. The van der Waals surface area contributed by atoms with E-state index < -0.39 is 0 Å². The van der Waals surface area contributed by atoms with Crippen molar-refractivity contribution in [2.75, 3.05) is 18.1 Å². The van der Waals surface area contributed by atoms with Crippen molar-refractivity contribution < 1.29 is 9.47 Å². The first-order valence-corrected chi connectivity index (χ1v) is 8.85. The highest BCUT2D eigenvalue weighted by molar-refractivity contribution is 9.10. The summed E-state index contributed by atoms with van der Waals surface area (Å²) in [6.07, 6.45) is 4.69. The van der Waals surface area contributed by atoms with Crippen molar-refractivity contribution in [3.8, 4) is 5.75 Å². The van der Waals surface area contributed by atoms with Gasteiger partial charge in [0.25, 0.3) is 0 Å². The minimum atomic E-state index is 0.0974. The summed E-state index contributed by atoms with van der Waals surface area (Å²) in [6, 6.07) is 8.12. The van der Waals surface area contributed by atoms with Gasteiger partial charge in [-0.1, -0.05) is 22.0 Å². The fourth-order valence-electron chi connectivity index (χ4n) is 2.91. The first-order chi connectivity index (χ1) is 9.26. The Balaban J connectivity index is 1.65. The number of rotatable bonds is 2. The highest BCUT2D eigenvalue weighted by Gasteiger charge is 2.39. The zero-order chi connectivity index (χ0) is 13.1. The fraction of sp³-hybridized carbons (Fsp3) is 0.600. The van der Waals surface area contributed by atoms with Crippen molar-refractivity contribution in [3.05, 3.63) is 28.7 Å². The molecule has 2 heterocycles. The molecule has 2 aliphatic rings. The van der Waals surface area contributed by atoms with Crippen molar-refractivity contribution in [2.24, 2.45) is 0 Å². The molecule has 0 radical (unpaired) electrons. The molecular formula is C15H19BrO2S. The van der Waals surface area contributed by atoms with E-state index in [9.17, 15) is 0 Å². The van der Waals surface area contributed by atoms with Crippen LogP contribution in [-0.2, 0) is 4.74 Å². The second kappa shape index (κ2) is 6.06. The molecule has 0 aromatic heterocycles. The zero-order valence-corrected chi connectivity index (χ0v) is 13.3. The second-order valence-corrected chi connectivity index (χ2v) is 7.47. The van der Waals surface area contributed by atoms with Gasteiger partial charge in [0.15, 0.2) is 0 Å². The van der Waals surface area contributed by atoms with Crippen LogP contribution < -0.4 is 4.74 Å². The Bertz CT molecular complexity index is 426.